The van der Waals surface area contributed by atoms with E-state index in [-0.39, 0.29) is 36.1 Å². The Bertz CT molecular complexity index is 1290. The summed E-state index contributed by atoms with van der Waals surface area (Å²) in [6, 6.07) is 4.03. The van der Waals surface area contributed by atoms with Gasteiger partial charge in [-0.2, -0.15) is 17.6 Å². The maximum absolute atomic E-state index is 14.5. The van der Waals surface area contributed by atoms with Crippen LogP contribution in [0.25, 0.3) is 0 Å². The molecule has 3 N–H and O–H groups in total. The van der Waals surface area contributed by atoms with Gasteiger partial charge >= 0.3 is 6.18 Å². The molecule has 218 valence electrons. The number of likely N-dealkylation sites (tertiary alicyclic amines) is 1. The number of nitrogens with zero attached hydrogens (tertiary/aromatic N) is 2. The maximum Gasteiger partial charge on any atom is 0.417 e. The molecule has 2 aromatic rings. The fourth-order valence-electron chi connectivity index (χ4n) is 5.26. The van der Waals surface area contributed by atoms with Gasteiger partial charge in [-0.1, -0.05) is 13.0 Å². The second kappa shape index (κ2) is 10.9. The van der Waals surface area contributed by atoms with Crippen molar-refractivity contribution < 1.29 is 45.8 Å². The quantitative estimate of drug-likeness (QED) is 0.511. The molecule has 1 aromatic carbocycles. The Kier molecular flexibility index (Phi) is 8.07. The van der Waals surface area contributed by atoms with E-state index in [1.54, 1.807) is 0 Å². The van der Waals surface area contributed by atoms with Gasteiger partial charge in [0.2, 0.25) is 5.82 Å². The van der Waals surface area contributed by atoms with E-state index in [0.29, 0.717) is 0 Å². The fraction of sp³-hybridized carbons (Fsp3) is 0.500. The highest BCUT2D eigenvalue weighted by Crippen LogP contribution is 2.55. The highest BCUT2D eigenvalue weighted by atomic mass is 19.4. The molecule has 1 aromatic heterocycles. The summed E-state index contributed by atoms with van der Waals surface area (Å²) < 4.78 is 86.5. The predicted molar refractivity (Wildman–Crippen MR) is 132 cm³/mol. The number of pyridine rings is 1. The number of rotatable bonds is 6. The van der Waals surface area contributed by atoms with E-state index in [1.807, 2.05) is 0 Å². The van der Waals surface area contributed by atoms with Crippen LogP contribution in [0.5, 0.6) is 5.75 Å². The third kappa shape index (κ3) is 5.10. The highest BCUT2D eigenvalue weighted by Gasteiger charge is 2.66. The number of carbonyl (C=O) groups is 2. The fourth-order valence-corrected chi connectivity index (χ4v) is 5.26. The number of nitrogens with two attached hydrogens (primary N) is 1. The Morgan fingerprint density at radius 2 is 1.90 bits per heavy atom. The average molecular weight is 573 g/mol. The van der Waals surface area contributed by atoms with Crippen LogP contribution in [0.15, 0.2) is 30.5 Å². The zero-order valence-corrected chi connectivity index (χ0v) is 22.1. The molecule has 14 heteroatoms. The normalized spacial score (nSPS) is 28.6. The number of alkyl halides is 3. The first kappa shape index (κ1) is 29.6. The van der Waals surface area contributed by atoms with Crippen LogP contribution in [-0.2, 0) is 14.3 Å². The first-order valence-electron chi connectivity index (χ1n) is 12.3. The lowest BCUT2D eigenvalue weighted by molar-refractivity contribution is -0.272. The molecule has 2 amide bonds. The Hall–Kier alpha value is -3.36. The van der Waals surface area contributed by atoms with Crippen molar-refractivity contribution >= 4 is 17.5 Å². The zero-order chi connectivity index (χ0) is 29.6. The molecule has 4 rings (SSSR count). The molecule has 2 aliphatic rings. The van der Waals surface area contributed by atoms with Crippen molar-refractivity contribution in [3.8, 4) is 5.75 Å². The third-order valence-electron chi connectivity index (χ3n) is 7.72. The average Bonchev–Trinajstić information content (AvgIpc) is 3.42. The van der Waals surface area contributed by atoms with Crippen LogP contribution in [0.1, 0.15) is 35.8 Å². The van der Waals surface area contributed by atoms with Crippen LogP contribution in [0.3, 0.4) is 0 Å². The molecule has 0 bridgehead atoms. The number of halogens is 5. The van der Waals surface area contributed by atoms with Crippen molar-refractivity contribution in [1.29, 1.82) is 0 Å². The van der Waals surface area contributed by atoms with Crippen LogP contribution in [-0.4, -0.2) is 79.0 Å². The van der Waals surface area contributed by atoms with Crippen molar-refractivity contribution in [2.24, 2.45) is 11.7 Å². The first-order valence-corrected chi connectivity index (χ1v) is 12.3. The number of carbonyl (C=O) groups excluding carboxylic acids is 2. The second-order valence-corrected chi connectivity index (χ2v) is 10.0. The van der Waals surface area contributed by atoms with Crippen LogP contribution in [0.2, 0.25) is 0 Å². The van der Waals surface area contributed by atoms with Gasteiger partial charge in [-0.05, 0) is 25.1 Å². The second-order valence-electron chi connectivity index (χ2n) is 10.0. The van der Waals surface area contributed by atoms with Crippen LogP contribution >= 0.6 is 0 Å². The van der Waals surface area contributed by atoms with Crippen molar-refractivity contribution in [3.63, 3.8) is 0 Å². The Balaban J connectivity index is 1.65. The molecular weight excluding hydrogens is 543 g/mol. The van der Waals surface area contributed by atoms with Gasteiger partial charge in [0.05, 0.1) is 19.3 Å². The van der Waals surface area contributed by atoms with Gasteiger partial charge in [-0.25, -0.2) is 4.39 Å². The number of aromatic nitrogens is 1. The van der Waals surface area contributed by atoms with Gasteiger partial charge < -0.3 is 30.2 Å². The first-order chi connectivity index (χ1) is 18.7. The monoisotopic (exact) mass is 572 g/mol. The van der Waals surface area contributed by atoms with Gasteiger partial charge in [0.25, 0.3) is 11.8 Å². The minimum atomic E-state index is -4.90. The van der Waals surface area contributed by atoms with E-state index < -0.39 is 65.0 Å². The summed E-state index contributed by atoms with van der Waals surface area (Å²) in [5.74, 6) is -7.56. The highest BCUT2D eigenvalue weighted by molar-refractivity contribution is 5.98. The number of benzene rings is 1. The summed E-state index contributed by atoms with van der Waals surface area (Å²) in [6.45, 7) is 2.46. The van der Waals surface area contributed by atoms with Crippen LogP contribution < -0.4 is 15.8 Å². The summed E-state index contributed by atoms with van der Waals surface area (Å²) in [7, 11) is 2.52. The minimum Gasteiger partial charge on any atom is -0.493 e. The molecule has 40 heavy (non-hydrogen) atoms. The molecule has 0 spiro atoms. The van der Waals surface area contributed by atoms with E-state index >= 15 is 0 Å². The molecule has 2 fully saturated rings. The molecule has 2 saturated heterocycles. The molecule has 6 atom stereocenters. The Labute approximate surface area is 226 Å². The lowest BCUT2D eigenvalue weighted by Gasteiger charge is -2.32. The molecule has 0 aliphatic carbocycles. The number of hydrogen-bond donors (Lipinski definition) is 2. The summed E-state index contributed by atoms with van der Waals surface area (Å²) in [4.78, 5) is 31.9. The van der Waals surface area contributed by atoms with E-state index in [1.165, 1.54) is 37.3 Å². The molecule has 3 heterocycles. The van der Waals surface area contributed by atoms with E-state index in [2.05, 4.69) is 10.3 Å². The Morgan fingerprint density at radius 3 is 2.50 bits per heavy atom. The maximum atomic E-state index is 14.5. The smallest absolute Gasteiger partial charge is 0.417 e. The Morgan fingerprint density at radius 1 is 1.20 bits per heavy atom. The number of anilines is 1. The van der Waals surface area contributed by atoms with Gasteiger partial charge in [0.1, 0.15) is 11.8 Å². The summed E-state index contributed by atoms with van der Waals surface area (Å²) >= 11 is 0. The number of ether oxygens (including phenoxy) is 3. The van der Waals surface area contributed by atoms with Crippen molar-refractivity contribution in [3.05, 3.63) is 53.4 Å². The lowest BCUT2D eigenvalue weighted by Crippen LogP contribution is -2.47. The zero-order valence-electron chi connectivity index (χ0n) is 22.1. The third-order valence-corrected chi connectivity index (χ3v) is 7.72. The molecule has 0 unspecified atom stereocenters. The van der Waals surface area contributed by atoms with Crippen molar-refractivity contribution in [2.45, 2.75) is 49.8 Å². The van der Waals surface area contributed by atoms with Crippen molar-refractivity contribution in [2.75, 3.05) is 32.6 Å². The molecule has 0 saturated carbocycles. The van der Waals surface area contributed by atoms with Gasteiger partial charge in [-0.3, -0.25) is 14.6 Å². The lowest BCUT2D eigenvalue weighted by atomic mass is 9.77. The standard InChI is InChI=1S/C26H29F5N4O5/c1-12-19(14-5-6-15(27)20(28)21(14)39-4)22(40-25(12,2)26(29,30)31)23(36)34-13-7-8-33-17(9-13)24(37)35-10-16(32)18(11-35)38-3/h5-9,12,16,18-19,22H,10-11,32H2,1-4H3,(H,33,34,36)/t12-,16+,18+,19-,22+,25+/m0/s1. The summed E-state index contributed by atoms with van der Waals surface area (Å²) in [6.07, 6.45) is -5.80. The summed E-state index contributed by atoms with van der Waals surface area (Å²) in [5.41, 5.74) is 3.03. The van der Waals surface area contributed by atoms with Crippen LogP contribution in [0.4, 0.5) is 27.6 Å². The topological polar surface area (TPSA) is 116 Å². The number of hydrogen-bond acceptors (Lipinski definition) is 7. The van der Waals surface area contributed by atoms with Gasteiger partial charge in [0, 0.05) is 49.5 Å². The largest absolute Gasteiger partial charge is 0.493 e. The minimum absolute atomic E-state index is 0.0404. The molecule has 0 radical (unpaired) electrons. The summed E-state index contributed by atoms with van der Waals surface area (Å²) in [5, 5.41) is 2.47. The van der Waals surface area contributed by atoms with E-state index in [0.717, 1.165) is 26.2 Å². The number of methoxy groups -OCH3 is 2. The number of amides is 2. The molecule has 2 aliphatic heterocycles. The van der Waals surface area contributed by atoms with Crippen molar-refractivity contribution in [1.82, 2.24) is 9.88 Å². The predicted octanol–water partition coefficient (Wildman–Crippen LogP) is 3.24. The molecular formula is C26H29F5N4O5. The van der Waals surface area contributed by atoms with Gasteiger partial charge in [-0.15, -0.1) is 0 Å². The molecule has 9 nitrogen and oxygen atoms in total. The van der Waals surface area contributed by atoms with E-state index in [9.17, 15) is 31.5 Å². The van der Waals surface area contributed by atoms with Crippen LogP contribution in [0, 0.1) is 17.6 Å². The SMILES string of the molecule is COc1c([C@H]2[C@H](C(=O)Nc3ccnc(C(=O)N4C[C@@H](N)[C@H](OC)C4)c3)O[C@@](C)(C(F)(F)F)[C@H]2C)ccc(F)c1F. The van der Waals surface area contributed by atoms with Gasteiger partial charge in [0.15, 0.2) is 17.2 Å². The number of nitrogens with one attached hydrogen (secondary N) is 1. The van der Waals surface area contributed by atoms with E-state index in [4.69, 9.17) is 19.9 Å².